The Labute approximate surface area is 195 Å². The third-order valence-corrected chi connectivity index (χ3v) is 5.74. The highest BCUT2D eigenvalue weighted by molar-refractivity contribution is 5.94. The van der Waals surface area contributed by atoms with E-state index in [1.807, 2.05) is 48.5 Å². The van der Waals surface area contributed by atoms with Crippen molar-refractivity contribution in [3.05, 3.63) is 95.8 Å². The number of aromatic nitrogens is 2. The molecule has 4 rings (SSSR count). The van der Waals surface area contributed by atoms with Gasteiger partial charge in [-0.1, -0.05) is 54.4 Å². The molecule has 0 fully saturated rings. The van der Waals surface area contributed by atoms with E-state index < -0.39 is 0 Å². The van der Waals surface area contributed by atoms with E-state index in [9.17, 15) is 4.79 Å². The van der Waals surface area contributed by atoms with Gasteiger partial charge in [-0.15, -0.1) is 0 Å². The maximum Gasteiger partial charge on any atom is 0.251 e. The molecule has 0 aliphatic carbocycles. The van der Waals surface area contributed by atoms with Crippen molar-refractivity contribution in [3.8, 4) is 5.75 Å². The number of rotatable bonds is 11. The standard InChI is InChI=1S/C28H31N3O2/c1-22-15-17-24(18-16-22)33-21-20-31-26-13-8-7-12-25(26)30-27(31)14-6-3-9-19-29-28(32)23-10-4-2-5-11-23/h2,4-5,7-8,10-13,15-18H,3,6,9,14,19-21H2,1H3,(H,29,32). The summed E-state index contributed by atoms with van der Waals surface area (Å²) in [4.78, 5) is 17.0. The summed E-state index contributed by atoms with van der Waals surface area (Å²) < 4.78 is 8.24. The number of nitrogens with one attached hydrogen (secondary N) is 1. The number of carbonyl (C=O) groups excluding carboxylic acids is 1. The smallest absolute Gasteiger partial charge is 0.251 e. The summed E-state index contributed by atoms with van der Waals surface area (Å²) >= 11 is 0. The zero-order valence-electron chi connectivity index (χ0n) is 19.2. The van der Waals surface area contributed by atoms with Crippen molar-refractivity contribution in [3.63, 3.8) is 0 Å². The van der Waals surface area contributed by atoms with E-state index in [0.29, 0.717) is 18.7 Å². The minimum Gasteiger partial charge on any atom is -0.492 e. The topological polar surface area (TPSA) is 56.1 Å². The Kier molecular flexibility index (Phi) is 7.75. The molecule has 0 radical (unpaired) electrons. The van der Waals surface area contributed by atoms with Gasteiger partial charge in [0.2, 0.25) is 0 Å². The highest BCUT2D eigenvalue weighted by Gasteiger charge is 2.10. The number of hydrogen-bond acceptors (Lipinski definition) is 3. The first-order valence-electron chi connectivity index (χ1n) is 11.7. The lowest BCUT2D eigenvalue weighted by Gasteiger charge is -2.11. The van der Waals surface area contributed by atoms with Crippen molar-refractivity contribution in [1.29, 1.82) is 0 Å². The van der Waals surface area contributed by atoms with Crippen LogP contribution in [0, 0.1) is 6.92 Å². The van der Waals surface area contributed by atoms with Gasteiger partial charge < -0.3 is 14.6 Å². The van der Waals surface area contributed by atoms with Gasteiger partial charge in [-0.2, -0.15) is 0 Å². The second-order valence-corrected chi connectivity index (χ2v) is 8.26. The van der Waals surface area contributed by atoms with Crippen LogP contribution in [0.15, 0.2) is 78.9 Å². The third kappa shape index (κ3) is 6.22. The van der Waals surface area contributed by atoms with Crippen molar-refractivity contribution in [2.24, 2.45) is 0 Å². The number of para-hydroxylation sites is 2. The van der Waals surface area contributed by atoms with E-state index in [4.69, 9.17) is 9.72 Å². The van der Waals surface area contributed by atoms with E-state index in [-0.39, 0.29) is 5.91 Å². The lowest BCUT2D eigenvalue weighted by atomic mass is 10.1. The predicted molar refractivity (Wildman–Crippen MR) is 133 cm³/mol. The second-order valence-electron chi connectivity index (χ2n) is 8.26. The molecule has 0 aliphatic rings. The van der Waals surface area contributed by atoms with Gasteiger partial charge in [-0.25, -0.2) is 4.98 Å². The molecule has 0 saturated carbocycles. The Morgan fingerprint density at radius 3 is 2.48 bits per heavy atom. The first kappa shape index (κ1) is 22.6. The van der Waals surface area contributed by atoms with Gasteiger partial charge in [-0.3, -0.25) is 4.79 Å². The molecule has 3 aromatic carbocycles. The minimum absolute atomic E-state index is 0.00836. The molecule has 33 heavy (non-hydrogen) atoms. The average Bonchev–Trinajstić information content (AvgIpc) is 3.20. The van der Waals surface area contributed by atoms with Crippen molar-refractivity contribution < 1.29 is 9.53 Å². The first-order valence-corrected chi connectivity index (χ1v) is 11.7. The number of fused-ring (bicyclic) bond motifs is 1. The molecule has 0 unspecified atom stereocenters. The van der Waals surface area contributed by atoms with Crippen LogP contribution in [-0.2, 0) is 13.0 Å². The molecule has 4 aromatic rings. The summed E-state index contributed by atoms with van der Waals surface area (Å²) in [5.74, 6) is 1.98. The van der Waals surface area contributed by atoms with E-state index >= 15 is 0 Å². The molecule has 0 atom stereocenters. The van der Waals surface area contributed by atoms with Crippen LogP contribution in [-0.4, -0.2) is 28.6 Å². The number of aryl methyl sites for hydroxylation is 2. The van der Waals surface area contributed by atoms with E-state index in [0.717, 1.165) is 54.8 Å². The lowest BCUT2D eigenvalue weighted by molar-refractivity contribution is 0.0953. The Morgan fingerprint density at radius 1 is 0.909 bits per heavy atom. The summed E-state index contributed by atoms with van der Waals surface area (Å²) in [6.07, 6.45) is 3.93. The number of nitrogens with zero attached hydrogens (tertiary/aromatic N) is 2. The Bertz CT molecular complexity index is 1170. The van der Waals surface area contributed by atoms with E-state index in [1.165, 1.54) is 5.56 Å². The predicted octanol–water partition coefficient (Wildman–Crippen LogP) is 5.57. The molecule has 0 saturated heterocycles. The van der Waals surface area contributed by atoms with Crippen molar-refractivity contribution in [2.45, 2.75) is 39.2 Å². The first-order chi connectivity index (χ1) is 16.2. The van der Waals surface area contributed by atoms with Gasteiger partial charge in [0.15, 0.2) is 0 Å². The summed E-state index contributed by atoms with van der Waals surface area (Å²) in [5.41, 5.74) is 4.11. The molecule has 0 spiro atoms. The summed E-state index contributed by atoms with van der Waals surface area (Å²) in [7, 11) is 0. The number of carbonyl (C=O) groups is 1. The maximum atomic E-state index is 12.1. The van der Waals surface area contributed by atoms with Gasteiger partial charge in [0.1, 0.15) is 18.2 Å². The summed E-state index contributed by atoms with van der Waals surface area (Å²) in [5, 5.41) is 3.00. The molecule has 170 valence electrons. The molecular weight excluding hydrogens is 410 g/mol. The quantitative estimate of drug-likeness (QED) is 0.310. The van der Waals surface area contributed by atoms with Gasteiger partial charge in [0, 0.05) is 18.5 Å². The molecule has 0 bridgehead atoms. The van der Waals surface area contributed by atoms with Crippen LogP contribution < -0.4 is 10.1 Å². The van der Waals surface area contributed by atoms with Crippen molar-refractivity contribution in [1.82, 2.24) is 14.9 Å². The highest BCUT2D eigenvalue weighted by Crippen LogP contribution is 2.18. The van der Waals surface area contributed by atoms with Gasteiger partial charge in [0.05, 0.1) is 17.6 Å². The van der Waals surface area contributed by atoms with Gasteiger partial charge in [-0.05, 0) is 56.2 Å². The number of benzene rings is 3. The molecular formula is C28H31N3O2. The number of imidazole rings is 1. The van der Waals surface area contributed by atoms with Crippen LogP contribution in [0.5, 0.6) is 5.75 Å². The van der Waals surface area contributed by atoms with E-state index in [1.54, 1.807) is 0 Å². The van der Waals surface area contributed by atoms with Crippen LogP contribution in [0.25, 0.3) is 11.0 Å². The number of unbranched alkanes of at least 4 members (excludes halogenated alkanes) is 2. The van der Waals surface area contributed by atoms with Crippen LogP contribution in [0.2, 0.25) is 0 Å². The minimum atomic E-state index is -0.00836. The third-order valence-electron chi connectivity index (χ3n) is 5.74. The molecule has 1 N–H and O–H groups in total. The fourth-order valence-corrected chi connectivity index (χ4v) is 3.93. The largest absolute Gasteiger partial charge is 0.492 e. The Morgan fingerprint density at radius 2 is 1.67 bits per heavy atom. The fourth-order valence-electron chi connectivity index (χ4n) is 3.93. The number of ether oxygens (including phenoxy) is 1. The SMILES string of the molecule is Cc1ccc(OCCn2c(CCCCCNC(=O)c3ccccc3)nc3ccccc32)cc1. The lowest BCUT2D eigenvalue weighted by Crippen LogP contribution is -2.24. The van der Waals surface area contributed by atoms with Crippen LogP contribution in [0.3, 0.4) is 0 Å². The summed E-state index contributed by atoms with van der Waals surface area (Å²) in [6.45, 7) is 4.12. The van der Waals surface area contributed by atoms with Crippen LogP contribution >= 0.6 is 0 Å². The Hall–Kier alpha value is -3.60. The number of amides is 1. The van der Waals surface area contributed by atoms with Gasteiger partial charge in [0.25, 0.3) is 5.91 Å². The monoisotopic (exact) mass is 441 g/mol. The van der Waals surface area contributed by atoms with E-state index in [2.05, 4.69) is 47.1 Å². The van der Waals surface area contributed by atoms with Crippen molar-refractivity contribution in [2.75, 3.05) is 13.2 Å². The molecule has 1 aromatic heterocycles. The normalized spacial score (nSPS) is 10.9. The zero-order valence-corrected chi connectivity index (χ0v) is 19.2. The molecule has 5 nitrogen and oxygen atoms in total. The molecule has 1 heterocycles. The van der Waals surface area contributed by atoms with Crippen LogP contribution in [0.4, 0.5) is 0 Å². The highest BCUT2D eigenvalue weighted by atomic mass is 16.5. The second kappa shape index (κ2) is 11.3. The van der Waals surface area contributed by atoms with Crippen molar-refractivity contribution >= 4 is 16.9 Å². The summed E-state index contributed by atoms with van der Waals surface area (Å²) in [6, 6.07) is 25.8. The molecule has 0 aliphatic heterocycles. The van der Waals surface area contributed by atoms with Crippen LogP contribution in [0.1, 0.15) is 41.0 Å². The average molecular weight is 442 g/mol. The molecule has 1 amide bonds. The number of hydrogen-bond donors (Lipinski definition) is 1. The Balaban J connectivity index is 1.27. The molecule has 5 heteroatoms. The van der Waals surface area contributed by atoms with Gasteiger partial charge >= 0.3 is 0 Å². The maximum absolute atomic E-state index is 12.1. The zero-order chi connectivity index (χ0) is 22.9. The fraction of sp³-hybridized carbons (Fsp3) is 0.286.